The smallest absolute Gasteiger partial charge is 0.193 e. The topological polar surface area (TPSA) is 72.5 Å². The van der Waals surface area contributed by atoms with E-state index >= 15 is 0 Å². The van der Waals surface area contributed by atoms with Crippen LogP contribution in [0, 0.1) is 6.92 Å². The molecule has 0 aliphatic rings. The molecular weight excluding hydrogens is 344 g/mol. The maximum Gasteiger partial charge on any atom is 0.193 e. The van der Waals surface area contributed by atoms with E-state index in [1.807, 2.05) is 31.2 Å². The van der Waals surface area contributed by atoms with E-state index in [1.165, 1.54) is 5.56 Å². The Morgan fingerprint density at radius 2 is 1.88 bits per heavy atom. The van der Waals surface area contributed by atoms with Gasteiger partial charge in [0.2, 0.25) is 0 Å². The molecule has 1 aromatic heterocycles. The Hall–Kier alpha value is -2.86. The number of thiazole rings is 1. The van der Waals surface area contributed by atoms with Gasteiger partial charge in [0, 0.05) is 23.2 Å². The molecule has 0 fully saturated rings. The lowest BCUT2D eigenvalue weighted by Gasteiger charge is -2.07. The molecule has 6 heteroatoms. The molecule has 0 aliphatic carbocycles. The summed E-state index contributed by atoms with van der Waals surface area (Å²) in [5, 5.41) is 6.24. The van der Waals surface area contributed by atoms with Gasteiger partial charge in [0.1, 0.15) is 5.75 Å². The largest absolute Gasteiger partial charge is 0.497 e. The predicted molar refractivity (Wildman–Crippen MR) is 109 cm³/mol. The van der Waals surface area contributed by atoms with Crippen molar-refractivity contribution in [2.75, 3.05) is 19.0 Å². The van der Waals surface area contributed by atoms with E-state index in [0.717, 1.165) is 34.1 Å². The van der Waals surface area contributed by atoms with Crippen LogP contribution in [0.3, 0.4) is 0 Å². The Bertz CT molecular complexity index is 870. The van der Waals surface area contributed by atoms with Crippen molar-refractivity contribution in [1.82, 2.24) is 4.98 Å². The Morgan fingerprint density at radius 3 is 2.50 bits per heavy atom. The Morgan fingerprint density at radius 1 is 1.15 bits per heavy atom. The van der Waals surface area contributed by atoms with Crippen molar-refractivity contribution < 1.29 is 4.74 Å². The lowest BCUT2D eigenvalue weighted by Crippen LogP contribution is -2.23. The van der Waals surface area contributed by atoms with Crippen molar-refractivity contribution in [2.45, 2.75) is 13.3 Å². The molecule has 2 aromatic carbocycles. The van der Waals surface area contributed by atoms with Crippen LogP contribution in [0.1, 0.15) is 10.6 Å². The second-order valence-corrected chi connectivity index (χ2v) is 6.88. The fraction of sp³-hybridized carbons (Fsp3) is 0.200. The van der Waals surface area contributed by atoms with Crippen LogP contribution in [0.5, 0.6) is 5.75 Å². The SMILES string of the molecule is COc1ccc(NC(N)=NCCc2ccc(-c3csc(C)n3)cc2)cc1. The molecule has 0 bridgehead atoms. The van der Waals surface area contributed by atoms with Gasteiger partial charge >= 0.3 is 0 Å². The highest BCUT2D eigenvalue weighted by Gasteiger charge is 2.02. The number of aliphatic imine (C=N–C) groups is 1. The third-order valence-corrected chi connectivity index (χ3v) is 4.69. The molecule has 0 unspecified atom stereocenters. The predicted octanol–water partition coefficient (Wildman–Crippen LogP) is 4.10. The standard InChI is InChI=1S/C20H22N4OS/c1-14-23-19(13-26-14)16-5-3-15(4-6-16)11-12-22-20(21)24-17-7-9-18(25-2)10-8-17/h3-10,13H,11-12H2,1-2H3,(H3,21,22,24). The number of aryl methyl sites for hydroxylation is 1. The number of benzene rings is 2. The molecule has 3 N–H and O–H groups in total. The van der Waals surface area contributed by atoms with E-state index in [2.05, 4.69) is 44.9 Å². The third-order valence-electron chi connectivity index (χ3n) is 3.91. The van der Waals surface area contributed by atoms with E-state index in [9.17, 15) is 0 Å². The molecule has 26 heavy (non-hydrogen) atoms. The second kappa shape index (κ2) is 8.49. The zero-order chi connectivity index (χ0) is 18.4. The molecule has 3 aromatic rings. The van der Waals surface area contributed by atoms with Crippen molar-refractivity contribution in [2.24, 2.45) is 10.7 Å². The summed E-state index contributed by atoms with van der Waals surface area (Å²) < 4.78 is 5.13. The number of nitrogens with zero attached hydrogens (tertiary/aromatic N) is 2. The number of aromatic nitrogens is 1. The van der Waals surface area contributed by atoms with E-state index in [1.54, 1.807) is 18.4 Å². The summed E-state index contributed by atoms with van der Waals surface area (Å²) in [5.41, 5.74) is 10.2. The highest BCUT2D eigenvalue weighted by atomic mass is 32.1. The zero-order valence-electron chi connectivity index (χ0n) is 14.9. The number of nitrogens with two attached hydrogens (primary N) is 1. The van der Waals surface area contributed by atoms with Crippen LogP contribution in [-0.2, 0) is 6.42 Å². The Kier molecular flexibility index (Phi) is 5.86. The number of anilines is 1. The number of hydrogen-bond acceptors (Lipinski definition) is 4. The van der Waals surface area contributed by atoms with Crippen molar-refractivity contribution in [3.63, 3.8) is 0 Å². The summed E-state index contributed by atoms with van der Waals surface area (Å²) in [4.78, 5) is 8.89. The summed E-state index contributed by atoms with van der Waals surface area (Å²) >= 11 is 1.67. The van der Waals surface area contributed by atoms with Gasteiger partial charge < -0.3 is 15.8 Å². The number of guanidine groups is 1. The maximum atomic E-state index is 5.94. The molecular formula is C20H22N4OS. The summed E-state index contributed by atoms with van der Waals surface area (Å²) in [7, 11) is 1.64. The highest BCUT2D eigenvalue weighted by molar-refractivity contribution is 7.09. The van der Waals surface area contributed by atoms with Gasteiger partial charge in [-0.25, -0.2) is 4.98 Å². The van der Waals surface area contributed by atoms with E-state index < -0.39 is 0 Å². The van der Waals surface area contributed by atoms with E-state index in [4.69, 9.17) is 10.5 Å². The molecule has 0 aliphatic heterocycles. The first-order chi connectivity index (χ1) is 12.6. The number of hydrogen-bond donors (Lipinski definition) is 2. The number of ether oxygens (including phenoxy) is 1. The molecule has 0 saturated carbocycles. The second-order valence-electron chi connectivity index (χ2n) is 5.82. The van der Waals surface area contributed by atoms with Gasteiger partial charge in [-0.1, -0.05) is 24.3 Å². The van der Waals surface area contributed by atoms with Crippen molar-refractivity contribution in [1.29, 1.82) is 0 Å². The van der Waals surface area contributed by atoms with Gasteiger partial charge in [0.15, 0.2) is 5.96 Å². The quantitative estimate of drug-likeness (QED) is 0.509. The summed E-state index contributed by atoms with van der Waals surface area (Å²) in [5.74, 6) is 1.21. The van der Waals surface area contributed by atoms with E-state index in [-0.39, 0.29) is 0 Å². The summed E-state index contributed by atoms with van der Waals surface area (Å²) in [6.45, 7) is 2.65. The van der Waals surface area contributed by atoms with Crippen LogP contribution in [0.15, 0.2) is 58.9 Å². The lowest BCUT2D eigenvalue weighted by atomic mass is 10.1. The van der Waals surface area contributed by atoms with Gasteiger partial charge in [-0.15, -0.1) is 11.3 Å². The minimum absolute atomic E-state index is 0.407. The van der Waals surface area contributed by atoms with Crippen LogP contribution in [0.4, 0.5) is 5.69 Å². The number of methoxy groups -OCH3 is 1. The Balaban J connectivity index is 1.52. The molecule has 0 amide bonds. The van der Waals surface area contributed by atoms with Gasteiger partial charge in [0.05, 0.1) is 17.8 Å². The van der Waals surface area contributed by atoms with Crippen LogP contribution in [0.25, 0.3) is 11.3 Å². The van der Waals surface area contributed by atoms with Gasteiger partial charge in [0.25, 0.3) is 0 Å². The maximum absolute atomic E-state index is 5.94. The molecule has 0 radical (unpaired) electrons. The molecule has 0 saturated heterocycles. The summed E-state index contributed by atoms with van der Waals surface area (Å²) in [6, 6.07) is 16.0. The summed E-state index contributed by atoms with van der Waals surface area (Å²) in [6.07, 6.45) is 0.835. The molecule has 0 atom stereocenters. The Labute approximate surface area is 157 Å². The van der Waals surface area contributed by atoms with E-state index in [0.29, 0.717) is 12.5 Å². The third kappa shape index (κ3) is 4.83. The zero-order valence-corrected chi connectivity index (χ0v) is 15.7. The lowest BCUT2D eigenvalue weighted by molar-refractivity contribution is 0.415. The molecule has 0 spiro atoms. The normalized spacial score (nSPS) is 11.4. The van der Waals surface area contributed by atoms with Crippen LogP contribution < -0.4 is 15.8 Å². The molecule has 1 heterocycles. The first kappa shape index (κ1) is 17.9. The number of nitrogens with one attached hydrogen (secondary N) is 1. The van der Waals surface area contributed by atoms with Crippen molar-refractivity contribution in [3.05, 3.63) is 64.5 Å². The van der Waals surface area contributed by atoms with Crippen LogP contribution in [-0.4, -0.2) is 24.6 Å². The van der Waals surface area contributed by atoms with Gasteiger partial charge in [-0.2, -0.15) is 0 Å². The highest BCUT2D eigenvalue weighted by Crippen LogP contribution is 2.22. The van der Waals surface area contributed by atoms with Crippen LogP contribution in [0.2, 0.25) is 0 Å². The average molecular weight is 366 g/mol. The fourth-order valence-electron chi connectivity index (χ4n) is 2.51. The number of rotatable bonds is 6. The molecule has 5 nitrogen and oxygen atoms in total. The van der Waals surface area contributed by atoms with Crippen molar-refractivity contribution >= 4 is 23.0 Å². The van der Waals surface area contributed by atoms with Gasteiger partial charge in [-0.3, -0.25) is 4.99 Å². The monoisotopic (exact) mass is 366 g/mol. The average Bonchev–Trinajstić information content (AvgIpc) is 3.09. The van der Waals surface area contributed by atoms with Crippen molar-refractivity contribution in [3.8, 4) is 17.0 Å². The minimum atomic E-state index is 0.407. The first-order valence-corrected chi connectivity index (χ1v) is 9.24. The van der Waals surface area contributed by atoms with Crippen LogP contribution >= 0.6 is 11.3 Å². The minimum Gasteiger partial charge on any atom is -0.497 e. The van der Waals surface area contributed by atoms with Gasteiger partial charge in [-0.05, 0) is 43.2 Å². The fourth-order valence-corrected chi connectivity index (χ4v) is 3.13. The molecule has 3 rings (SSSR count). The molecule has 134 valence electrons. The first-order valence-electron chi connectivity index (χ1n) is 8.36.